The van der Waals surface area contributed by atoms with Crippen LogP contribution in [-0.4, -0.2) is 54.9 Å². The Balaban J connectivity index is 2.96. The van der Waals surface area contributed by atoms with Gasteiger partial charge in [-0.2, -0.15) is 5.10 Å². The topological polar surface area (TPSA) is 85.4 Å². The van der Waals surface area contributed by atoms with E-state index in [9.17, 15) is 4.79 Å². The zero-order chi connectivity index (χ0) is 14.6. The van der Waals surface area contributed by atoms with Crippen LogP contribution in [0.15, 0.2) is 0 Å². The molecule has 3 N–H and O–H groups in total. The van der Waals surface area contributed by atoms with Crippen molar-refractivity contribution in [3.05, 3.63) is 11.3 Å². The lowest BCUT2D eigenvalue weighted by atomic mass is 10.1. The number of rotatable bonds is 7. The molecule has 1 aromatic rings. The minimum absolute atomic E-state index is 0.437. The number of nitrogens with two attached hydrogens (primary N) is 1. The van der Waals surface area contributed by atoms with Gasteiger partial charge >= 0.3 is 0 Å². The van der Waals surface area contributed by atoms with Crippen molar-refractivity contribution in [3.8, 4) is 5.88 Å². The molecule has 0 saturated carbocycles. The van der Waals surface area contributed by atoms with E-state index in [1.54, 1.807) is 18.8 Å². The normalized spacial score (nSPS) is 12.7. The minimum Gasteiger partial charge on any atom is -0.481 e. The van der Waals surface area contributed by atoms with Gasteiger partial charge in [-0.1, -0.05) is 0 Å². The van der Waals surface area contributed by atoms with Crippen molar-refractivity contribution in [1.82, 2.24) is 20.0 Å². The highest BCUT2D eigenvalue weighted by Gasteiger charge is 2.27. The third kappa shape index (κ3) is 3.68. The highest BCUT2D eigenvalue weighted by atomic mass is 16.5. The second-order valence-electron chi connectivity index (χ2n) is 4.72. The molecule has 0 aliphatic carbocycles. The number of primary amides is 1. The van der Waals surface area contributed by atoms with E-state index in [4.69, 9.17) is 10.5 Å². The summed E-state index contributed by atoms with van der Waals surface area (Å²) in [6.45, 7) is 3.30. The SMILES string of the molecule is COc1c(C(NCCN(C)C)C(N)=O)c(C)nn1C. The van der Waals surface area contributed by atoms with Gasteiger partial charge in [0.05, 0.1) is 18.4 Å². The van der Waals surface area contributed by atoms with Crippen molar-refractivity contribution >= 4 is 5.91 Å². The van der Waals surface area contributed by atoms with Crippen LogP contribution in [0, 0.1) is 6.92 Å². The molecule has 0 fully saturated rings. The summed E-state index contributed by atoms with van der Waals surface area (Å²) in [5.74, 6) is 0.117. The van der Waals surface area contributed by atoms with Crippen LogP contribution in [0.25, 0.3) is 0 Å². The molecule has 0 saturated heterocycles. The van der Waals surface area contributed by atoms with Crippen molar-refractivity contribution < 1.29 is 9.53 Å². The van der Waals surface area contributed by atoms with Crippen LogP contribution in [0.5, 0.6) is 5.88 Å². The fourth-order valence-electron chi connectivity index (χ4n) is 2.01. The van der Waals surface area contributed by atoms with Gasteiger partial charge in [0.25, 0.3) is 0 Å². The van der Waals surface area contributed by atoms with Crippen molar-refractivity contribution in [2.75, 3.05) is 34.3 Å². The third-order valence-corrected chi connectivity index (χ3v) is 2.89. The number of hydrogen-bond acceptors (Lipinski definition) is 5. The van der Waals surface area contributed by atoms with Gasteiger partial charge in [-0.15, -0.1) is 0 Å². The molecule has 7 nitrogen and oxygen atoms in total. The Morgan fingerprint density at radius 1 is 1.58 bits per heavy atom. The lowest BCUT2D eigenvalue weighted by Crippen LogP contribution is -2.37. The van der Waals surface area contributed by atoms with E-state index in [2.05, 4.69) is 10.4 Å². The maximum absolute atomic E-state index is 11.7. The molecule has 0 aliphatic rings. The standard InChI is InChI=1S/C12H23N5O2/c1-8-9(12(19-5)17(4)15-8)10(11(13)18)14-6-7-16(2)3/h10,14H,6-7H2,1-5H3,(H2,13,18). The molecule has 1 rings (SSSR count). The largest absolute Gasteiger partial charge is 0.481 e. The summed E-state index contributed by atoms with van der Waals surface area (Å²) >= 11 is 0. The number of carbonyl (C=O) groups is 1. The summed E-state index contributed by atoms with van der Waals surface area (Å²) in [6, 6.07) is -0.594. The van der Waals surface area contributed by atoms with Gasteiger partial charge in [0.2, 0.25) is 11.8 Å². The summed E-state index contributed by atoms with van der Waals surface area (Å²) in [5, 5.41) is 7.41. The Labute approximate surface area is 113 Å². The number of amides is 1. The first kappa shape index (κ1) is 15.5. The molecular weight excluding hydrogens is 246 g/mol. The third-order valence-electron chi connectivity index (χ3n) is 2.89. The number of hydrogen-bond donors (Lipinski definition) is 2. The average Bonchev–Trinajstić information content (AvgIpc) is 2.58. The first-order valence-corrected chi connectivity index (χ1v) is 6.13. The van der Waals surface area contributed by atoms with E-state index in [-0.39, 0.29) is 0 Å². The zero-order valence-corrected chi connectivity index (χ0v) is 12.2. The van der Waals surface area contributed by atoms with Gasteiger partial charge < -0.3 is 20.7 Å². The van der Waals surface area contributed by atoms with Crippen molar-refractivity contribution in [1.29, 1.82) is 0 Å². The summed E-state index contributed by atoms with van der Waals surface area (Å²) in [6.07, 6.45) is 0. The molecule has 1 heterocycles. The Morgan fingerprint density at radius 3 is 2.68 bits per heavy atom. The highest BCUT2D eigenvalue weighted by molar-refractivity contribution is 5.82. The van der Waals surface area contributed by atoms with E-state index >= 15 is 0 Å². The second kappa shape index (κ2) is 6.53. The van der Waals surface area contributed by atoms with Gasteiger partial charge in [0, 0.05) is 20.1 Å². The molecule has 1 amide bonds. The molecule has 0 spiro atoms. The highest BCUT2D eigenvalue weighted by Crippen LogP contribution is 2.27. The van der Waals surface area contributed by atoms with Gasteiger partial charge in [0.1, 0.15) is 6.04 Å². The number of ether oxygens (including phenoxy) is 1. The summed E-state index contributed by atoms with van der Waals surface area (Å²) in [5.41, 5.74) is 6.92. The lowest BCUT2D eigenvalue weighted by molar-refractivity contribution is -0.120. The van der Waals surface area contributed by atoms with Crippen LogP contribution in [0.4, 0.5) is 0 Å². The Morgan fingerprint density at radius 2 is 2.21 bits per heavy atom. The summed E-state index contributed by atoms with van der Waals surface area (Å²) in [7, 11) is 7.26. The number of methoxy groups -OCH3 is 1. The van der Waals surface area contributed by atoms with Crippen molar-refractivity contribution in [2.24, 2.45) is 12.8 Å². The van der Waals surface area contributed by atoms with Crippen LogP contribution >= 0.6 is 0 Å². The predicted molar refractivity (Wildman–Crippen MR) is 73.0 cm³/mol. The van der Waals surface area contributed by atoms with Crippen LogP contribution in [0.2, 0.25) is 0 Å². The fraction of sp³-hybridized carbons (Fsp3) is 0.667. The fourth-order valence-corrected chi connectivity index (χ4v) is 2.01. The molecule has 0 bridgehead atoms. The van der Waals surface area contributed by atoms with Crippen LogP contribution < -0.4 is 15.8 Å². The maximum Gasteiger partial charge on any atom is 0.239 e. The van der Waals surface area contributed by atoms with Crippen molar-refractivity contribution in [3.63, 3.8) is 0 Å². The first-order valence-electron chi connectivity index (χ1n) is 6.13. The molecule has 1 aromatic heterocycles. The van der Waals surface area contributed by atoms with Gasteiger partial charge in [-0.25, -0.2) is 4.68 Å². The zero-order valence-electron chi connectivity index (χ0n) is 12.2. The predicted octanol–water partition coefficient (Wildman–Crippen LogP) is -0.585. The Kier molecular flexibility index (Phi) is 5.31. The van der Waals surface area contributed by atoms with Crippen molar-refractivity contribution in [2.45, 2.75) is 13.0 Å². The van der Waals surface area contributed by atoms with Crippen LogP contribution in [0.3, 0.4) is 0 Å². The second-order valence-corrected chi connectivity index (χ2v) is 4.72. The number of carbonyl (C=O) groups excluding carboxylic acids is 1. The summed E-state index contributed by atoms with van der Waals surface area (Å²) in [4.78, 5) is 13.7. The number of aryl methyl sites for hydroxylation is 2. The molecule has 19 heavy (non-hydrogen) atoms. The number of nitrogens with one attached hydrogen (secondary N) is 1. The van der Waals surface area contributed by atoms with Gasteiger partial charge in [0.15, 0.2) is 0 Å². The molecule has 0 aliphatic heterocycles. The number of likely N-dealkylation sites (N-methyl/N-ethyl adjacent to an activating group) is 1. The molecule has 1 unspecified atom stereocenters. The number of aromatic nitrogens is 2. The molecule has 0 aromatic carbocycles. The van der Waals surface area contributed by atoms with Gasteiger partial charge in [-0.05, 0) is 21.0 Å². The molecule has 1 atom stereocenters. The first-order chi connectivity index (χ1) is 8.88. The average molecular weight is 269 g/mol. The maximum atomic E-state index is 11.7. The van der Waals surface area contributed by atoms with E-state index in [0.29, 0.717) is 18.0 Å². The smallest absolute Gasteiger partial charge is 0.239 e. The lowest BCUT2D eigenvalue weighted by Gasteiger charge is -2.18. The molecule has 0 radical (unpaired) electrons. The van der Waals surface area contributed by atoms with E-state index in [1.807, 2.05) is 25.9 Å². The van der Waals surface area contributed by atoms with E-state index < -0.39 is 11.9 Å². The Bertz CT molecular complexity index is 442. The van der Waals surface area contributed by atoms with Crippen LogP contribution in [-0.2, 0) is 11.8 Å². The quantitative estimate of drug-likeness (QED) is 0.691. The van der Waals surface area contributed by atoms with Crippen LogP contribution in [0.1, 0.15) is 17.3 Å². The molecule has 108 valence electrons. The Hall–Kier alpha value is -1.60. The van der Waals surface area contributed by atoms with E-state index in [1.165, 1.54) is 0 Å². The minimum atomic E-state index is -0.594. The van der Waals surface area contributed by atoms with Gasteiger partial charge in [-0.3, -0.25) is 4.79 Å². The summed E-state index contributed by atoms with van der Waals surface area (Å²) < 4.78 is 6.90. The number of nitrogens with zero attached hydrogens (tertiary/aromatic N) is 3. The molecule has 7 heteroatoms. The monoisotopic (exact) mass is 269 g/mol. The van der Waals surface area contributed by atoms with E-state index in [0.717, 1.165) is 12.2 Å². The molecular formula is C12H23N5O2.